The molecule has 0 spiro atoms. The van der Waals surface area contributed by atoms with Gasteiger partial charge in [-0.25, -0.2) is 0 Å². The van der Waals surface area contributed by atoms with Crippen LogP contribution in [0, 0.1) is 0 Å². The Morgan fingerprint density at radius 3 is 1.77 bits per heavy atom. The zero-order valence-electron chi connectivity index (χ0n) is 12.9. The molecule has 5 heterocycles. The summed E-state index contributed by atoms with van der Waals surface area (Å²) >= 11 is 0. The van der Waals surface area contributed by atoms with Gasteiger partial charge in [0.25, 0.3) is 0 Å². The lowest BCUT2D eigenvalue weighted by Gasteiger charge is -2.33. The molecule has 116 valence electrons. The van der Waals surface area contributed by atoms with E-state index in [1.54, 1.807) is 0 Å². The Labute approximate surface area is 131 Å². The number of hydrogen-bond donors (Lipinski definition) is 0. The van der Waals surface area contributed by atoms with Crippen molar-refractivity contribution in [3.8, 4) is 0 Å². The van der Waals surface area contributed by atoms with Gasteiger partial charge in [-0.1, -0.05) is 0 Å². The van der Waals surface area contributed by atoms with Crippen molar-refractivity contribution in [2.45, 2.75) is 12.8 Å². The van der Waals surface area contributed by atoms with E-state index < -0.39 is 0 Å². The normalized spacial score (nSPS) is 26.9. The first-order valence-corrected chi connectivity index (χ1v) is 8.47. The van der Waals surface area contributed by atoms with Crippen LogP contribution in [-0.2, 0) is 0 Å². The summed E-state index contributed by atoms with van der Waals surface area (Å²) in [6, 6.07) is 0. The molecule has 0 unspecified atom stereocenters. The molecule has 0 amide bonds. The molecule has 0 saturated carbocycles. The van der Waals surface area contributed by atoms with Gasteiger partial charge in [0.15, 0.2) is 0 Å². The highest BCUT2D eigenvalue weighted by molar-refractivity contribution is 6.23. The molecule has 0 radical (unpaired) electrons. The topological polar surface area (TPSA) is 37.7 Å². The molecule has 5 rings (SSSR count). The van der Waals surface area contributed by atoms with Gasteiger partial charge in [0.05, 0.1) is 5.57 Å². The fourth-order valence-electron chi connectivity index (χ4n) is 4.09. The lowest BCUT2D eigenvalue weighted by atomic mass is 10.1. The smallest absolute Gasteiger partial charge is 0.138 e. The van der Waals surface area contributed by atoms with Gasteiger partial charge in [-0.05, 0) is 12.8 Å². The fraction of sp³-hybridized carbons (Fsp3) is 0.625. The predicted octanol–water partition coefficient (Wildman–Crippen LogP) is 0.522. The number of aliphatic imine (C=N–C) groups is 2. The number of nitrogens with zero attached hydrogens (tertiary/aromatic N) is 6. The molecule has 6 heteroatoms. The van der Waals surface area contributed by atoms with Crippen molar-refractivity contribution in [2.75, 3.05) is 52.4 Å². The SMILES string of the molecule is C1=CN2CCN3CCCN=C3C3=C2N1CCN1CCCN=C31. The minimum Gasteiger partial charge on any atom is -0.354 e. The van der Waals surface area contributed by atoms with E-state index in [1.165, 1.54) is 35.9 Å². The Morgan fingerprint density at radius 2 is 1.23 bits per heavy atom. The van der Waals surface area contributed by atoms with Crippen molar-refractivity contribution in [1.82, 2.24) is 19.6 Å². The summed E-state index contributed by atoms with van der Waals surface area (Å²) in [4.78, 5) is 19.6. The van der Waals surface area contributed by atoms with Crippen molar-refractivity contribution in [2.24, 2.45) is 9.98 Å². The van der Waals surface area contributed by atoms with Crippen LogP contribution in [0.15, 0.2) is 33.8 Å². The van der Waals surface area contributed by atoms with Gasteiger partial charge in [-0.15, -0.1) is 0 Å². The monoisotopic (exact) mass is 298 g/mol. The van der Waals surface area contributed by atoms with Crippen LogP contribution in [0.25, 0.3) is 0 Å². The van der Waals surface area contributed by atoms with Crippen molar-refractivity contribution in [3.63, 3.8) is 0 Å². The number of hydrogen-bond acceptors (Lipinski definition) is 6. The zero-order valence-corrected chi connectivity index (χ0v) is 12.9. The lowest BCUT2D eigenvalue weighted by molar-refractivity contribution is 0.308. The van der Waals surface area contributed by atoms with Crippen molar-refractivity contribution in [1.29, 1.82) is 0 Å². The molecule has 22 heavy (non-hydrogen) atoms. The minimum absolute atomic E-state index is 0.948. The van der Waals surface area contributed by atoms with E-state index in [0.717, 1.165) is 52.4 Å². The lowest BCUT2D eigenvalue weighted by Crippen LogP contribution is -2.44. The van der Waals surface area contributed by atoms with Crippen LogP contribution >= 0.6 is 0 Å². The summed E-state index contributed by atoms with van der Waals surface area (Å²) in [6.45, 7) is 8.33. The van der Waals surface area contributed by atoms with Crippen LogP contribution in [0.4, 0.5) is 0 Å². The van der Waals surface area contributed by atoms with Crippen molar-refractivity contribution in [3.05, 3.63) is 23.8 Å². The molecular weight excluding hydrogens is 276 g/mol. The summed E-state index contributed by atoms with van der Waals surface area (Å²) in [5, 5.41) is 0. The Morgan fingerprint density at radius 1 is 0.682 bits per heavy atom. The number of fused-ring (bicyclic) bond motifs is 4. The second kappa shape index (κ2) is 4.76. The molecule has 5 aliphatic heterocycles. The maximum atomic E-state index is 4.92. The molecule has 0 bridgehead atoms. The maximum Gasteiger partial charge on any atom is 0.138 e. The molecule has 0 N–H and O–H groups in total. The molecule has 0 aliphatic carbocycles. The molecule has 0 fully saturated rings. The highest BCUT2D eigenvalue weighted by Crippen LogP contribution is 2.32. The zero-order chi connectivity index (χ0) is 14.5. The first-order valence-electron chi connectivity index (χ1n) is 8.47. The van der Waals surface area contributed by atoms with Crippen LogP contribution in [0.5, 0.6) is 0 Å². The van der Waals surface area contributed by atoms with Crippen molar-refractivity contribution >= 4 is 11.7 Å². The Hall–Kier alpha value is -1.98. The highest BCUT2D eigenvalue weighted by Gasteiger charge is 2.39. The average Bonchev–Trinajstić information content (AvgIpc) is 2.79. The van der Waals surface area contributed by atoms with Crippen LogP contribution in [0.1, 0.15) is 12.8 Å². The van der Waals surface area contributed by atoms with E-state index in [-0.39, 0.29) is 0 Å². The Kier molecular flexibility index (Phi) is 2.72. The van der Waals surface area contributed by atoms with E-state index >= 15 is 0 Å². The van der Waals surface area contributed by atoms with Crippen molar-refractivity contribution < 1.29 is 0 Å². The summed E-state index contributed by atoms with van der Waals surface area (Å²) in [5.74, 6) is 3.68. The highest BCUT2D eigenvalue weighted by atomic mass is 15.4. The standard InChI is InChI=1S/C16H22N6/c1-3-17-14-13-15-18-4-2-6-20(15)8-10-22-12-11-21(16(13)22)9-7-19(14)5-1/h11-12H,1-10H2. The van der Waals surface area contributed by atoms with Gasteiger partial charge in [0.1, 0.15) is 17.5 Å². The summed E-state index contributed by atoms with van der Waals surface area (Å²) in [6.07, 6.45) is 6.80. The Balaban J connectivity index is 1.72. The summed E-state index contributed by atoms with van der Waals surface area (Å²) < 4.78 is 0. The van der Waals surface area contributed by atoms with Crippen LogP contribution in [0.2, 0.25) is 0 Å². The third kappa shape index (κ3) is 1.72. The van der Waals surface area contributed by atoms with Gasteiger partial charge in [-0.3, -0.25) is 9.98 Å². The van der Waals surface area contributed by atoms with Gasteiger partial charge in [0, 0.05) is 64.8 Å². The van der Waals surface area contributed by atoms with E-state index in [1.807, 2.05) is 0 Å². The Bertz CT molecular complexity index is 566. The first kappa shape index (κ1) is 12.6. The van der Waals surface area contributed by atoms with E-state index in [4.69, 9.17) is 9.98 Å². The van der Waals surface area contributed by atoms with Gasteiger partial charge >= 0.3 is 0 Å². The maximum absolute atomic E-state index is 4.92. The average molecular weight is 298 g/mol. The molecule has 0 aromatic heterocycles. The minimum atomic E-state index is 0.948. The molecule has 0 aromatic rings. The largest absolute Gasteiger partial charge is 0.354 e. The molecule has 0 aromatic carbocycles. The molecule has 6 nitrogen and oxygen atoms in total. The second-order valence-corrected chi connectivity index (χ2v) is 6.48. The van der Waals surface area contributed by atoms with E-state index in [2.05, 4.69) is 32.0 Å². The van der Waals surface area contributed by atoms with Gasteiger partial charge in [0.2, 0.25) is 0 Å². The van der Waals surface area contributed by atoms with Crippen LogP contribution in [0.3, 0.4) is 0 Å². The van der Waals surface area contributed by atoms with Crippen LogP contribution in [-0.4, -0.2) is 83.6 Å². The van der Waals surface area contributed by atoms with Gasteiger partial charge in [-0.2, -0.15) is 0 Å². The predicted molar refractivity (Wildman–Crippen MR) is 86.6 cm³/mol. The van der Waals surface area contributed by atoms with E-state index in [0.29, 0.717) is 0 Å². The molecule has 0 atom stereocenters. The fourth-order valence-corrected chi connectivity index (χ4v) is 4.09. The third-order valence-electron chi connectivity index (χ3n) is 5.16. The number of amidine groups is 2. The third-order valence-corrected chi connectivity index (χ3v) is 5.16. The summed E-state index contributed by atoms with van der Waals surface area (Å²) in [7, 11) is 0. The summed E-state index contributed by atoms with van der Waals surface area (Å²) in [5.41, 5.74) is 1.28. The second-order valence-electron chi connectivity index (χ2n) is 6.48. The molecule has 5 aliphatic rings. The quantitative estimate of drug-likeness (QED) is 0.653. The first-order chi connectivity index (χ1) is 10.9. The van der Waals surface area contributed by atoms with E-state index in [9.17, 15) is 0 Å². The number of rotatable bonds is 0. The van der Waals surface area contributed by atoms with Gasteiger partial charge < -0.3 is 19.6 Å². The van der Waals surface area contributed by atoms with Crippen LogP contribution < -0.4 is 0 Å². The molecule has 0 saturated heterocycles. The molecular formula is C16H22N6.